The molecule has 0 amide bonds. The van der Waals surface area contributed by atoms with Crippen molar-refractivity contribution in [1.82, 2.24) is 14.8 Å². The lowest BCUT2D eigenvalue weighted by molar-refractivity contribution is 0.153. The second kappa shape index (κ2) is 5.48. The molecule has 3 aromatic rings. The summed E-state index contributed by atoms with van der Waals surface area (Å²) in [7, 11) is 1.68. The summed E-state index contributed by atoms with van der Waals surface area (Å²) in [5, 5.41) is 5.31. The summed E-state index contributed by atoms with van der Waals surface area (Å²) < 4.78 is 28.3. The number of hydrogen-bond donors (Lipinski definition) is 0. The zero-order valence-corrected chi connectivity index (χ0v) is 13.3. The Hall–Kier alpha value is -1.72. The SMILES string of the molecule is Cc1nn(C)c2nc(-c3ccc(Cl)c(Cl)c3)cc(C(F)F)c12. The third-order valence-electron chi connectivity index (χ3n) is 3.45. The molecule has 2 heterocycles. The van der Waals surface area contributed by atoms with Crippen LogP contribution in [0.2, 0.25) is 10.0 Å². The van der Waals surface area contributed by atoms with Crippen LogP contribution in [-0.4, -0.2) is 14.8 Å². The molecule has 0 saturated carbocycles. The second-order valence-electron chi connectivity index (χ2n) is 4.93. The number of rotatable bonds is 2. The smallest absolute Gasteiger partial charge is 0.250 e. The van der Waals surface area contributed by atoms with E-state index in [0.717, 1.165) is 0 Å². The van der Waals surface area contributed by atoms with Crippen molar-refractivity contribution in [2.24, 2.45) is 7.05 Å². The predicted octanol–water partition coefficient (Wildman–Crippen LogP) is 5.19. The van der Waals surface area contributed by atoms with Crippen LogP contribution >= 0.6 is 23.2 Å². The van der Waals surface area contributed by atoms with E-state index in [1.54, 1.807) is 32.2 Å². The maximum absolute atomic E-state index is 13.4. The summed E-state index contributed by atoms with van der Waals surface area (Å²) in [6.45, 7) is 1.69. The highest BCUT2D eigenvalue weighted by Gasteiger charge is 2.20. The topological polar surface area (TPSA) is 30.7 Å². The van der Waals surface area contributed by atoms with Crippen LogP contribution in [0.15, 0.2) is 24.3 Å². The van der Waals surface area contributed by atoms with E-state index in [9.17, 15) is 8.78 Å². The van der Waals surface area contributed by atoms with Gasteiger partial charge in [-0.05, 0) is 25.1 Å². The van der Waals surface area contributed by atoms with Gasteiger partial charge < -0.3 is 0 Å². The summed E-state index contributed by atoms with van der Waals surface area (Å²) in [5.74, 6) is 0. The standard InChI is InChI=1S/C15H11Cl2F2N3/c1-7-13-9(14(18)19)6-12(20-15(13)22(2)21-7)8-3-4-10(16)11(17)5-8/h3-6,14H,1-2H3. The monoisotopic (exact) mass is 341 g/mol. The molecule has 3 nitrogen and oxygen atoms in total. The van der Waals surface area contributed by atoms with E-state index in [1.165, 1.54) is 10.7 Å². The molecule has 22 heavy (non-hydrogen) atoms. The molecule has 7 heteroatoms. The number of fused-ring (bicyclic) bond motifs is 1. The van der Waals surface area contributed by atoms with Crippen LogP contribution in [0.1, 0.15) is 17.7 Å². The molecular weight excluding hydrogens is 331 g/mol. The quantitative estimate of drug-likeness (QED) is 0.642. The molecule has 0 fully saturated rings. The van der Waals surface area contributed by atoms with Crippen LogP contribution in [-0.2, 0) is 7.05 Å². The highest BCUT2D eigenvalue weighted by Crippen LogP contribution is 2.34. The van der Waals surface area contributed by atoms with Gasteiger partial charge in [-0.3, -0.25) is 4.68 Å². The lowest BCUT2D eigenvalue weighted by atomic mass is 10.1. The number of alkyl halides is 2. The molecule has 0 atom stereocenters. The molecule has 2 aromatic heterocycles. The highest BCUT2D eigenvalue weighted by molar-refractivity contribution is 6.42. The average Bonchev–Trinajstić information content (AvgIpc) is 2.76. The Balaban J connectivity index is 2.31. The minimum absolute atomic E-state index is 0.0864. The van der Waals surface area contributed by atoms with Crippen LogP contribution in [0.5, 0.6) is 0 Å². The lowest BCUT2D eigenvalue weighted by Gasteiger charge is -2.08. The van der Waals surface area contributed by atoms with E-state index in [4.69, 9.17) is 23.2 Å². The van der Waals surface area contributed by atoms with E-state index in [0.29, 0.717) is 38.0 Å². The first-order chi connectivity index (χ1) is 10.4. The largest absolute Gasteiger partial charge is 0.264 e. The molecule has 0 aliphatic heterocycles. The first-order valence-corrected chi connectivity index (χ1v) is 7.22. The number of pyridine rings is 1. The molecule has 1 aromatic carbocycles. The molecule has 0 aliphatic carbocycles. The van der Waals surface area contributed by atoms with Crippen molar-refractivity contribution < 1.29 is 8.78 Å². The molecule has 3 rings (SSSR count). The predicted molar refractivity (Wildman–Crippen MR) is 83.7 cm³/mol. The summed E-state index contributed by atoms with van der Waals surface area (Å²) >= 11 is 11.9. The van der Waals surface area contributed by atoms with E-state index in [-0.39, 0.29) is 5.56 Å². The van der Waals surface area contributed by atoms with Crippen LogP contribution in [0, 0.1) is 6.92 Å². The van der Waals surface area contributed by atoms with Gasteiger partial charge in [-0.15, -0.1) is 0 Å². The summed E-state index contributed by atoms with van der Waals surface area (Å²) in [6, 6.07) is 6.29. The summed E-state index contributed by atoms with van der Waals surface area (Å²) in [5.41, 5.74) is 1.88. The van der Waals surface area contributed by atoms with Crippen LogP contribution in [0.25, 0.3) is 22.3 Å². The Bertz CT molecular complexity index is 875. The number of hydrogen-bond acceptors (Lipinski definition) is 2. The van der Waals surface area contributed by atoms with E-state index < -0.39 is 6.43 Å². The van der Waals surface area contributed by atoms with Gasteiger partial charge in [-0.25, -0.2) is 13.8 Å². The number of nitrogens with zero attached hydrogens (tertiary/aromatic N) is 3. The minimum Gasteiger partial charge on any atom is -0.250 e. The fourth-order valence-corrected chi connectivity index (χ4v) is 2.75. The highest BCUT2D eigenvalue weighted by atomic mass is 35.5. The Labute approximate surface area is 135 Å². The van der Waals surface area contributed by atoms with Gasteiger partial charge in [0.1, 0.15) is 0 Å². The molecule has 0 spiro atoms. The number of aryl methyl sites for hydroxylation is 2. The average molecular weight is 342 g/mol. The van der Waals surface area contributed by atoms with Gasteiger partial charge in [0.15, 0.2) is 5.65 Å². The Morgan fingerprint density at radius 3 is 2.50 bits per heavy atom. The Morgan fingerprint density at radius 2 is 1.86 bits per heavy atom. The molecule has 114 valence electrons. The number of aromatic nitrogens is 3. The lowest BCUT2D eigenvalue weighted by Crippen LogP contribution is -1.96. The molecule has 0 aliphatic rings. The van der Waals surface area contributed by atoms with Gasteiger partial charge in [0.25, 0.3) is 6.43 Å². The van der Waals surface area contributed by atoms with Crippen molar-refractivity contribution in [2.75, 3.05) is 0 Å². The van der Waals surface area contributed by atoms with Crippen molar-refractivity contribution >= 4 is 34.2 Å². The molecule has 0 bridgehead atoms. The van der Waals surface area contributed by atoms with Gasteiger partial charge in [0.2, 0.25) is 0 Å². The molecule has 0 saturated heterocycles. The van der Waals surface area contributed by atoms with E-state index in [1.807, 2.05) is 0 Å². The van der Waals surface area contributed by atoms with Gasteiger partial charge in [0, 0.05) is 18.2 Å². The van der Waals surface area contributed by atoms with Crippen molar-refractivity contribution in [2.45, 2.75) is 13.3 Å². The Morgan fingerprint density at radius 1 is 1.14 bits per heavy atom. The first-order valence-electron chi connectivity index (χ1n) is 6.46. The summed E-state index contributed by atoms with van der Waals surface area (Å²) in [6.07, 6.45) is -2.62. The van der Waals surface area contributed by atoms with Gasteiger partial charge in [-0.2, -0.15) is 5.10 Å². The first kappa shape index (κ1) is 15.2. The Kier molecular flexibility index (Phi) is 3.78. The van der Waals surface area contributed by atoms with Crippen LogP contribution < -0.4 is 0 Å². The van der Waals surface area contributed by atoms with E-state index in [2.05, 4.69) is 10.1 Å². The zero-order valence-electron chi connectivity index (χ0n) is 11.7. The molecule has 0 N–H and O–H groups in total. The fourth-order valence-electron chi connectivity index (χ4n) is 2.45. The van der Waals surface area contributed by atoms with Crippen molar-refractivity contribution in [3.8, 4) is 11.3 Å². The maximum atomic E-state index is 13.4. The zero-order chi connectivity index (χ0) is 16.0. The number of benzene rings is 1. The third kappa shape index (κ3) is 2.44. The minimum atomic E-state index is -2.62. The molecule has 0 unspecified atom stereocenters. The van der Waals surface area contributed by atoms with Crippen LogP contribution in [0.3, 0.4) is 0 Å². The molecular formula is C15H11Cl2F2N3. The molecule has 0 radical (unpaired) electrons. The third-order valence-corrected chi connectivity index (χ3v) is 4.19. The van der Waals surface area contributed by atoms with Crippen molar-refractivity contribution in [3.05, 3.63) is 45.6 Å². The van der Waals surface area contributed by atoms with Gasteiger partial charge in [0.05, 0.1) is 26.8 Å². The van der Waals surface area contributed by atoms with Crippen molar-refractivity contribution in [3.63, 3.8) is 0 Å². The summed E-state index contributed by atoms with van der Waals surface area (Å²) in [4.78, 5) is 4.45. The van der Waals surface area contributed by atoms with Crippen LogP contribution in [0.4, 0.5) is 8.78 Å². The fraction of sp³-hybridized carbons (Fsp3) is 0.200. The van der Waals surface area contributed by atoms with Gasteiger partial charge >= 0.3 is 0 Å². The van der Waals surface area contributed by atoms with Crippen molar-refractivity contribution in [1.29, 1.82) is 0 Å². The van der Waals surface area contributed by atoms with Gasteiger partial charge in [-0.1, -0.05) is 29.3 Å². The maximum Gasteiger partial charge on any atom is 0.264 e. The number of halogens is 4. The van der Waals surface area contributed by atoms with E-state index >= 15 is 0 Å². The normalized spacial score (nSPS) is 11.6. The second-order valence-corrected chi connectivity index (χ2v) is 5.75.